The number of rotatable bonds is 9. The highest BCUT2D eigenvalue weighted by Gasteiger charge is 2.29. The maximum Gasteiger partial charge on any atom is 0.293 e. The van der Waals surface area contributed by atoms with Crippen molar-refractivity contribution >= 4 is 21.4 Å². The molecule has 0 amide bonds. The number of hydrogen-bond acceptors (Lipinski definition) is 7. The van der Waals surface area contributed by atoms with Gasteiger partial charge in [0.2, 0.25) is 10.0 Å². The Bertz CT molecular complexity index is 1020. The second-order valence-corrected chi connectivity index (χ2v) is 9.62. The zero-order valence-electron chi connectivity index (χ0n) is 17.9. The van der Waals surface area contributed by atoms with Crippen LogP contribution in [0.2, 0.25) is 0 Å². The van der Waals surface area contributed by atoms with E-state index in [0.717, 1.165) is 30.2 Å². The summed E-state index contributed by atoms with van der Waals surface area (Å²) in [6.07, 6.45) is 1.61. The number of likely N-dealkylation sites (N-methyl/N-ethyl adjacent to an activating group) is 1. The lowest BCUT2D eigenvalue weighted by atomic mass is 10.1. The van der Waals surface area contributed by atoms with Gasteiger partial charge < -0.3 is 15.0 Å². The van der Waals surface area contributed by atoms with Gasteiger partial charge in [0.05, 0.1) is 23.0 Å². The molecule has 10 heteroatoms. The quantitative estimate of drug-likeness (QED) is 0.464. The summed E-state index contributed by atoms with van der Waals surface area (Å²) in [4.78, 5) is 13.1. The lowest BCUT2D eigenvalue weighted by Gasteiger charge is -2.25. The van der Waals surface area contributed by atoms with E-state index in [0.29, 0.717) is 19.6 Å². The Morgan fingerprint density at radius 3 is 2.35 bits per heavy atom. The summed E-state index contributed by atoms with van der Waals surface area (Å²) >= 11 is 0. The lowest BCUT2D eigenvalue weighted by Crippen LogP contribution is -2.28. The SMILES string of the molecule is COc1ccc([C@@H](CNc2ccc(S(=O)(=O)N3CCCC3)cc2[N+](=O)[O-])N(C)C)cc1. The molecule has 1 atom stereocenters. The van der Waals surface area contributed by atoms with Crippen molar-refractivity contribution in [1.82, 2.24) is 9.21 Å². The van der Waals surface area contributed by atoms with E-state index in [1.54, 1.807) is 7.11 Å². The number of sulfonamides is 1. The molecule has 0 bridgehead atoms. The molecule has 2 aromatic carbocycles. The van der Waals surface area contributed by atoms with Gasteiger partial charge >= 0.3 is 0 Å². The highest BCUT2D eigenvalue weighted by molar-refractivity contribution is 7.89. The topological polar surface area (TPSA) is 105 Å². The molecule has 1 fully saturated rings. The zero-order chi connectivity index (χ0) is 22.6. The number of ether oxygens (including phenoxy) is 1. The van der Waals surface area contributed by atoms with Crippen LogP contribution < -0.4 is 10.1 Å². The predicted octanol–water partition coefficient (Wildman–Crippen LogP) is 3.10. The Kier molecular flexibility index (Phi) is 7.14. The number of nitrogens with one attached hydrogen (secondary N) is 1. The molecule has 1 heterocycles. The number of nitrogens with zero attached hydrogens (tertiary/aromatic N) is 3. The summed E-state index contributed by atoms with van der Waals surface area (Å²) in [6, 6.07) is 11.6. The minimum Gasteiger partial charge on any atom is -0.497 e. The first-order chi connectivity index (χ1) is 14.7. The standard InChI is InChI=1S/C21H28N4O5S/c1-23(2)21(16-6-8-17(30-3)9-7-16)15-22-19-11-10-18(14-20(19)25(26)27)31(28,29)24-12-4-5-13-24/h6-11,14,21-22H,4-5,12-13,15H2,1-3H3/t21-/m1/s1. The fourth-order valence-electron chi connectivity index (χ4n) is 3.68. The van der Waals surface area contributed by atoms with E-state index in [1.165, 1.54) is 16.4 Å². The summed E-state index contributed by atoms with van der Waals surface area (Å²) in [5.74, 6) is 0.750. The molecule has 0 unspecified atom stereocenters. The molecule has 3 rings (SSSR count). The Morgan fingerprint density at radius 1 is 1.16 bits per heavy atom. The Labute approximate surface area is 182 Å². The van der Waals surface area contributed by atoms with Crippen LogP contribution >= 0.6 is 0 Å². The fourth-order valence-corrected chi connectivity index (χ4v) is 5.22. The number of nitro benzene ring substituents is 1. The summed E-state index contributed by atoms with van der Waals surface area (Å²) in [5.41, 5.74) is 1.05. The Hall–Kier alpha value is -2.69. The molecular formula is C21H28N4O5S. The van der Waals surface area contributed by atoms with Gasteiger partial charge in [-0.1, -0.05) is 12.1 Å². The normalized spacial score (nSPS) is 15.7. The van der Waals surface area contributed by atoms with Crippen LogP contribution in [0.25, 0.3) is 0 Å². The van der Waals surface area contributed by atoms with Crippen LogP contribution in [0.1, 0.15) is 24.4 Å². The van der Waals surface area contributed by atoms with Gasteiger partial charge in [-0.15, -0.1) is 0 Å². The van der Waals surface area contributed by atoms with Gasteiger partial charge in [-0.3, -0.25) is 10.1 Å². The van der Waals surface area contributed by atoms with Gasteiger partial charge in [0.15, 0.2) is 0 Å². The number of nitro groups is 1. The van der Waals surface area contributed by atoms with Gasteiger partial charge in [-0.05, 0) is 56.8 Å². The highest BCUT2D eigenvalue weighted by Crippen LogP contribution is 2.31. The molecule has 1 saturated heterocycles. The van der Waals surface area contributed by atoms with Crippen molar-refractivity contribution in [3.8, 4) is 5.75 Å². The summed E-state index contributed by atoms with van der Waals surface area (Å²) in [5, 5.41) is 14.8. The molecule has 9 nitrogen and oxygen atoms in total. The first-order valence-corrected chi connectivity index (χ1v) is 11.5. The van der Waals surface area contributed by atoms with Crippen LogP contribution in [0.3, 0.4) is 0 Å². The van der Waals surface area contributed by atoms with Crippen LogP contribution in [-0.2, 0) is 10.0 Å². The van der Waals surface area contributed by atoms with E-state index in [9.17, 15) is 18.5 Å². The van der Waals surface area contributed by atoms with Gasteiger partial charge in [-0.2, -0.15) is 4.31 Å². The molecule has 1 aliphatic rings. The second kappa shape index (κ2) is 9.63. The van der Waals surface area contributed by atoms with E-state index < -0.39 is 14.9 Å². The van der Waals surface area contributed by atoms with Crippen LogP contribution in [0.15, 0.2) is 47.4 Å². The van der Waals surface area contributed by atoms with Crippen LogP contribution in [0.4, 0.5) is 11.4 Å². The van der Waals surface area contributed by atoms with Gasteiger partial charge in [-0.25, -0.2) is 8.42 Å². The second-order valence-electron chi connectivity index (χ2n) is 7.68. The zero-order valence-corrected chi connectivity index (χ0v) is 18.8. The van der Waals surface area contributed by atoms with Crippen LogP contribution in [0.5, 0.6) is 5.75 Å². The number of hydrogen-bond donors (Lipinski definition) is 1. The van der Waals surface area contributed by atoms with Gasteiger partial charge in [0.1, 0.15) is 11.4 Å². The Morgan fingerprint density at radius 2 is 1.81 bits per heavy atom. The fraction of sp³-hybridized carbons (Fsp3) is 0.429. The molecule has 31 heavy (non-hydrogen) atoms. The van der Waals surface area contributed by atoms with E-state index in [1.807, 2.05) is 43.3 Å². The third-order valence-electron chi connectivity index (χ3n) is 5.48. The van der Waals surface area contributed by atoms with Crippen molar-refractivity contribution in [2.24, 2.45) is 0 Å². The van der Waals surface area contributed by atoms with Crippen LogP contribution in [-0.4, -0.2) is 63.4 Å². The minimum atomic E-state index is -3.72. The van der Waals surface area contributed by atoms with Crippen molar-refractivity contribution in [3.63, 3.8) is 0 Å². The average molecular weight is 449 g/mol. The first-order valence-electron chi connectivity index (χ1n) is 10.1. The van der Waals surface area contributed by atoms with Crippen molar-refractivity contribution in [2.45, 2.75) is 23.8 Å². The predicted molar refractivity (Wildman–Crippen MR) is 119 cm³/mol. The van der Waals surface area contributed by atoms with Crippen molar-refractivity contribution in [3.05, 3.63) is 58.1 Å². The van der Waals surface area contributed by atoms with Gasteiger partial charge in [0.25, 0.3) is 5.69 Å². The average Bonchev–Trinajstić information content (AvgIpc) is 3.30. The molecule has 1 aliphatic heterocycles. The number of benzene rings is 2. The van der Waals surface area contributed by atoms with E-state index >= 15 is 0 Å². The van der Waals surface area contributed by atoms with E-state index in [-0.39, 0.29) is 22.3 Å². The largest absolute Gasteiger partial charge is 0.497 e. The number of methoxy groups -OCH3 is 1. The molecule has 0 radical (unpaired) electrons. The van der Waals surface area contributed by atoms with Crippen molar-refractivity contribution in [2.75, 3.05) is 46.2 Å². The summed E-state index contributed by atoms with van der Waals surface area (Å²) in [6.45, 7) is 1.30. The van der Waals surface area contributed by atoms with Gasteiger partial charge in [0, 0.05) is 25.7 Å². The molecule has 2 aromatic rings. The molecular weight excluding hydrogens is 420 g/mol. The lowest BCUT2D eigenvalue weighted by molar-refractivity contribution is -0.384. The first kappa shape index (κ1) is 23.0. The monoisotopic (exact) mass is 448 g/mol. The van der Waals surface area contributed by atoms with Crippen LogP contribution in [0, 0.1) is 10.1 Å². The molecule has 168 valence electrons. The maximum atomic E-state index is 12.8. The van der Waals surface area contributed by atoms with Crippen molar-refractivity contribution < 1.29 is 18.1 Å². The minimum absolute atomic E-state index is 0.0500. The third-order valence-corrected chi connectivity index (χ3v) is 7.37. The molecule has 0 aliphatic carbocycles. The van der Waals surface area contributed by atoms with Crippen molar-refractivity contribution in [1.29, 1.82) is 0 Å². The third kappa shape index (κ3) is 5.15. The summed E-state index contributed by atoms with van der Waals surface area (Å²) < 4.78 is 32.1. The van der Waals surface area contributed by atoms with E-state index in [4.69, 9.17) is 4.74 Å². The smallest absolute Gasteiger partial charge is 0.293 e. The molecule has 0 aromatic heterocycles. The van der Waals surface area contributed by atoms with E-state index in [2.05, 4.69) is 5.32 Å². The molecule has 0 saturated carbocycles. The molecule has 1 N–H and O–H groups in total. The molecule has 0 spiro atoms. The maximum absolute atomic E-state index is 12.8. The number of anilines is 1. The Balaban J connectivity index is 1.83. The summed E-state index contributed by atoms with van der Waals surface area (Å²) in [7, 11) is 1.73. The highest BCUT2D eigenvalue weighted by atomic mass is 32.2.